The maximum absolute atomic E-state index is 10.9. The van der Waals surface area contributed by atoms with Gasteiger partial charge in [0.2, 0.25) is 0 Å². The summed E-state index contributed by atoms with van der Waals surface area (Å²) in [4.78, 5) is 18.7. The van der Waals surface area contributed by atoms with E-state index in [1.807, 2.05) is 36.4 Å². The highest BCUT2D eigenvalue weighted by Gasteiger charge is 2.14. The standard InChI is InChI=1S/C22H15ClN4O2/c23-16-7-5-14(6-8-16)18(12-24)13-1-3-15(4-2-13)21-26-19-10-9-17(29-22(25)28)11-20(19)27-21/h1-11,18H,(H2,25,28)(H,26,27). The molecule has 7 heteroatoms. The third kappa shape index (κ3) is 3.91. The summed E-state index contributed by atoms with van der Waals surface area (Å²) < 4.78 is 4.89. The van der Waals surface area contributed by atoms with E-state index >= 15 is 0 Å². The van der Waals surface area contributed by atoms with Crippen molar-refractivity contribution in [3.8, 4) is 23.2 Å². The first-order chi connectivity index (χ1) is 14.0. The van der Waals surface area contributed by atoms with Crippen LogP contribution < -0.4 is 10.5 Å². The monoisotopic (exact) mass is 402 g/mol. The summed E-state index contributed by atoms with van der Waals surface area (Å²) in [5.41, 5.74) is 9.14. The Morgan fingerprint density at radius 3 is 2.34 bits per heavy atom. The molecule has 1 heterocycles. The first-order valence-electron chi connectivity index (χ1n) is 8.76. The van der Waals surface area contributed by atoms with Crippen molar-refractivity contribution in [3.63, 3.8) is 0 Å². The van der Waals surface area contributed by atoms with Gasteiger partial charge in [-0.15, -0.1) is 0 Å². The number of H-pyrrole nitrogens is 1. The van der Waals surface area contributed by atoms with Crippen molar-refractivity contribution >= 4 is 28.7 Å². The van der Waals surface area contributed by atoms with E-state index in [0.29, 0.717) is 22.1 Å². The summed E-state index contributed by atoms with van der Waals surface area (Å²) in [6, 6.07) is 22.3. The number of nitrogens with two attached hydrogens (primary N) is 1. The van der Waals surface area contributed by atoms with Crippen molar-refractivity contribution in [1.82, 2.24) is 9.97 Å². The normalized spacial score (nSPS) is 11.7. The van der Waals surface area contributed by atoms with E-state index in [1.165, 1.54) is 0 Å². The number of nitriles is 1. The third-order valence-electron chi connectivity index (χ3n) is 4.52. The van der Waals surface area contributed by atoms with Crippen LogP contribution in [0, 0.1) is 11.3 Å². The summed E-state index contributed by atoms with van der Waals surface area (Å²) >= 11 is 5.94. The van der Waals surface area contributed by atoms with E-state index in [-0.39, 0.29) is 5.92 Å². The summed E-state index contributed by atoms with van der Waals surface area (Å²) in [5.74, 6) is 0.617. The average molecular weight is 403 g/mol. The van der Waals surface area contributed by atoms with Crippen molar-refractivity contribution in [2.24, 2.45) is 5.73 Å². The van der Waals surface area contributed by atoms with Gasteiger partial charge in [-0.05, 0) is 35.4 Å². The average Bonchev–Trinajstić information content (AvgIpc) is 3.13. The van der Waals surface area contributed by atoms with Crippen LogP contribution in [0.25, 0.3) is 22.4 Å². The molecule has 0 saturated carbocycles. The summed E-state index contributed by atoms with van der Waals surface area (Å²) in [7, 11) is 0. The molecule has 0 fully saturated rings. The van der Waals surface area contributed by atoms with Gasteiger partial charge in [-0.3, -0.25) is 0 Å². The molecule has 0 aliphatic rings. The van der Waals surface area contributed by atoms with Crippen LogP contribution in [-0.2, 0) is 0 Å². The molecule has 0 aliphatic heterocycles. The first kappa shape index (κ1) is 18.5. The van der Waals surface area contributed by atoms with E-state index in [2.05, 4.69) is 16.0 Å². The molecule has 1 atom stereocenters. The van der Waals surface area contributed by atoms with Crippen molar-refractivity contribution < 1.29 is 9.53 Å². The Bertz CT molecular complexity index is 1220. The Labute approximate surface area is 171 Å². The van der Waals surface area contributed by atoms with Crippen LogP contribution in [0.1, 0.15) is 17.0 Å². The number of halogens is 1. The second-order valence-corrected chi connectivity index (χ2v) is 6.86. The van der Waals surface area contributed by atoms with Crippen molar-refractivity contribution in [2.45, 2.75) is 5.92 Å². The lowest BCUT2D eigenvalue weighted by Crippen LogP contribution is -2.16. The number of carbonyl (C=O) groups is 1. The number of rotatable bonds is 4. The predicted octanol–water partition coefficient (Wildman–Crippen LogP) is 5.00. The zero-order chi connectivity index (χ0) is 20.4. The SMILES string of the molecule is N#CC(c1ccc(Cl)cc1)c1ccc(-c2nc3cc(OC(N)=O)ccc3[nH]2)cc1. The number of nitrogens with zero attached hydrogens (tertiary/aromatic N) is 2. The minimum atomic E-state index is -0.872. The Balaban J connectivity index is 1.62. The lowest BCUT2D eigenvalue weighted by Gasteiger charge is -2.10. The zero-order valence-electron chi connectivity index (χ0n) is 15.1. The van der Waals surface area contributed by atoms with Gasteiger partial charge in [0.05, 0.1) is 23.0 Å². The van der Waals surface area contributed by atoms with Gasteiger partial charge in [0.25, 0.3) is 0 Å². The second-order valence-electron chi connectivity index (χ2n) is 6.42. The summed E-state index contributed by atoms with van der Waals surface area (Å²) in [6.07, 6.45) is -0.872. The largest absolute Gasteiger partial charge is 0.410 e. The highest BCUT2D eigenvalue weighted by atomic mass is 35.5. The van der Waals surface area contributed by atoms with Crippen LogP contribution in [0.15, 0.2) is 66.7 Å². The Morgan fingerprint density at radius 2 is 1.72 bits per heavy atom. The molecular formula is C22H15ClN4O2. The smallest absolute Gasteiger partial charge is 0.409 e. The van der Waals surface area contributed by atoms with Gasteiger partial charge in [0, 0.05) is 16.7 Å². The molecule has 4 aromatic rings. The van der Waals surface area contributed by atoms with Crippen LogP contribution in [-0.4, -0.2) is 16.1 Å². The van der Waals surface area contributed by atoms with Crippen molar-refractivity contribution in [1.29, 1.82) is 5.26 Å². The fourth-order valence-electron chi connectivity index (χ4n) is 3.13. The number of carbonyl (C=O) groups excluding carboxylic acids is 1. The number of hydrogen-bond donors (Lipinski definition) is 2. The number of aromatic amines is 1. The molecule has 0 spiro atoms. The zero-order valence-corrected chi connectivity index (χ0v) is 15.9. The molecule has 1 unspecified atom stereocenters. The van der Waals surface area contributed by atoms with Crippen molar-refractivity contribution in [3.05, 3.63) is 82.9 Å². The lowest BCUT2D eigenvalue weighted by molar-refractivity contribution is 0.211. The lowest BCUT2D eigenvalue weighted by atomic mass is 9.92. The number of aromatic nitrogens is 2. The minimum Gasteiger partial charge on any atom is -0.410 e. The number of nitrogens with one attached hydrogen (secondary N) is 1. The number of fused-ring (bicyclic) bond motifs is 1. The van der Waals surface area contributed by atoms with Crippen LogP contribution in [0.5, 0.6) is 5.75 Å². The highest BCUT2D eigenvalue weighted by Crippen LogP contribution is 2.28. The summed E-state index contributed by atoms with van der Waals surface area (Å²) in [5, 5.41) is 10.3. The molecule has 3 N–H and O–H groups in total. The molecule has 0 aliphatic carbocycles. The predicted molar refractivity (Wildman–Crippen MR) is 111 cm³/mol. The molecule has 4 rings (SSSR count). The third-order valence-corrected chi connectivity index (χ3v) is 4.77. The highest BCUT2D eigenvalue weighted by molar-refractivity contribution is 6.30. The Kier molecular flexibility index (Phi) is 4.90. The molecule has 142 valence electrons. The number of imidazole rings is 1. The molecule has 3 aromatic carbocycles. The topological polar surface area (TPSA) is 105 Å². The molecular weight excluding hydrogens is 388 g/mol. The molecule has 1 aromatic heterocycles. The van der Waals surface area contributed by atoms with Gasteiger partial charge in [-0.25, -0.2) is 9.78 Å². The maximum atomic E-state index is 10.9. The van der Waals surface area contributed by atoms with Gasteiger partial charge in [-0.1, -0.05) is 48.0 Å². The van der Waals surface area contributed by atoms with E-state index in [9.17, 15) is 10.1 Å². The Morgan fingerprint density at radius 1 is 1.07 bits per heavy atom. The van der Waals surface area contributed by atoms with E-state index < -0.39 is 6.09 Å². The molecule has 0 saturated heterocycles. The van der Waals surface area contributed by atoms with Gasteiger partial charge < -0.3 is 15.5 Å². The fraction of sp³-hybridized carbons (Fsp3) is 0.0455. The van der Waals surface area contributed by atoms with Crippen molar-refractivity contribution in [2.75, 3.05) is 0 Å². The number of benzene rings is 3. The number of amides is 1. The number of ether oxygens (including phenoxy) is 1. The fourth-order valence-corrected chi connectivity index (χ4v) is 3.26. The number of primary amides is 1. The van der Waals surface area contributed by atoms with Crippen LogP contribution in [0.4, 0.5) is 4.79 Å². The maximum Gasteiger partial charge on any atom is 0.409 e. The van der Waals surface area contributed by atoms with Crippen LogP contribution in [0.2, 0.25) is 5.02 Å². The van der Waals surface area contributed by atoms with E-state index in [0.717, 1.165) is 22.2 Å². The summed E-state index contributed by atoms with van der Waals surface area (Å²) in [6.45, 7) is 0. The molecule has 0 radical (unpaired) electrons. The van der Waals surface area contributed by atoms with E-state index in [4.69, 9.17) is 22.1 Å². The van der Waals surface area contributed by atoms with Gasteiger partial charge in [-0.2, -0.15) is 5.26 Å². The quantitative estimate of drug-likeness (QED) is 0.501. The second kappa shape index (κ2) is 7.66. The Hall–Kier alpha value is -3.82. The molecule has 1 amide bonds. The van der Waals surface area contributed by atoms with Crippen LogP contribution in [0.3, 0.4) is 0 Å². The van der Waals surface area contributed by atoms with Crippen LogP contribution >= 0.6 is 11.6 Å². The molecule has 0 bridgehead atoms. The van der Waals surface area contributed by atoms with Gasteiger partial charge in [0.1, 0.15) is 11.6 Å². The minimum absolute atomic E-state index is 0.332. The van der Waals surface area contributed by atoms with Gasteiger partial charge >= 0.3 is 6.09 Å². The van der Waals surface area contributed by atoms with Gasteiger partial charge in [0.15, 0.2) is 0 Å². The molecule has 29 heavy (non-hydrogen) atoms. The van der Waals surface area contributed by atoms with E-state index in [1.54, 1.807) is 30.3 Å². The first-order valence-corrected chi connectivity index (χ1v) is 9.14. The molecule has 6 nitrogen and oxygen atoms in total. The number of hydrogen-bond acceptors (Lipinski definition) is 4.